The van der Waals surface area contributed by atoms with E-state index in [1.165, 1.54) is 11.0 Å². The second-order valence-corrected chi connectivity index (χ2v) is 8.27. The molecule has 0 saturated heterocycles. The van der Waals surface area contributed by atoms with Crippen molar-refractivity contribution in [1.82, 2.24) is 4.90 Å². The molecule has 0 spiro atoms. The third kappa shape index (κ3) is 3.31. The molecule has 1 unspecified atom stereocenters. The largest absolute Gasteiger partial charge is 0.496 e. The predicted octanol–water partition coefficient (Wildman–Crippen LogP) is 4.90. The Hall–Kier alpha value is -3.31. The van der Waals surface area contributed by atoms with E-state index in [1.54, 1.807) is 24.9 Å². The first-order valence-corrected chi connectivity index (χ1v) is 10.4. The first-order chi connectivity index (χ1) is 14.6. The Morgan fingerprint density at radius 2 is 1.70 bits per heavy atom. The number of carbonyl (C=O) groups excluding carboxylic acids is 2. The van der Waals surface area contributed by atoms with Gasteiger partial charge in [-0.05, 0) is 29.8 Å². The lowest BCUT2D eigenvalue weighted by Crippen LogP contribution is -2.44. The van der Waals surface area contributed by atoms with Gasteiger partial charge in [-0.2, -0.15) is 0 Å². The maximum Gasteiger partial charge on any atom is 0.261 e. The zero-order chi connectivity index (χ0) is 21.1. The fourth-order valence-corrected chi connectivity index (χ4v) is 5.33. The van der Waals surface area contributed by atoms with E-state index >= 15 is 0 Å². The lowest BCUT2D eigenvalue weighted by Gasteiger charge is -2.36. The van der Waals surface area contributed by atoms with Gasteiger partial charge in [-0.1, -0.05) is 67.2 Å². The van der Waals surface area contributed by atoms with E-state index in [0.29, 0.717) is 11.3 Å². The molecule has 0 fully saturated rings. The summed E-state index contributed by atoms with van der Waals surface area (Å²) in [7, 11) is 1.63. The molecule has 150 valence electrons. The summed E-state index contributed by atoms with van der Waals surface area (Å²) in [5.74, 6) is -0.0464. The fourth-order valence-electron chi connectivity index (χ4n) is 3.81. The van der Waals surface area contributed by atoms with Crippen molar-refractivity contribution in [2.75, 3.05) is 13.7 Å². The number of nitrogens with zero attached hydrogens (tertiary/aromatic N) is 1. The Morgan fingerprint density at radius 3 is 2.43 bits per heavy atom. The first-order valence-electron chi connectivity index (χ1n) is 9.56. The number of amides is 2. The second kappa shape index (κ2) is 8.20. The smallest absolute Gasteiger partial charge is 0.261 e. The molecule has 0 aromatic heterocycles. The van der Waals surface area contributed by atoms with Crippen LogP contribution in [-0.2, 0) is 9.54 Å². The molecular weight excluding hydrogens is 394 g/mol. The van der Waals surface area contributed by atoms with E-state index in [4.69, 9.17) is 4.74 Å². The van der Waals surface area contributed by atoms with Gasteiger partial charge in [0, 0.05) is 10.5 Å². The molecule has 1 atom stereocenters. The van der Waals surface area contributed by atoms with Crippen molar-refractivity contribution < 1.29 is 14.3 Å². The minimum atomic E-state index is -0.755. The SMILES string of the molecule is C=CC(=O)N1CC(c2ccccc2)(c2ccccc2OC)Sc2ccccc2C1=O. The lowest BCUT2D eigenvalue weighted by atomic mass is 9.88. The minimum absolute atomic E-state index is 0.153. The number of hydrogen-bond donors (Lipinski definition) is 0. The van der Waals surface area contributed by atoms with E-state index in [2.05, 4.69) is 6.58 Å². The zero-order valence-corrected chi connectivity index (χ0v) is 17.4. The Balaban J connectivity index is 2.05. The van der Waals surface area contributed by atoms with Crippen LogP contribution in [0.4, 0.5) is 0 Å². The van der Waals surface area contributed by atoms with Crippen molar-refractivity contribution in [3.05, 3.63) is 108 Å². The Bertz CT molecular complexity index is 1110. The van der Waals surface area contributed by atoms with Crippen LogP contribution in [0.25, 0.3) is 0 Å². The molecule has 2 amide bonds. The Morgan fingerprint density at radius 1 is 1.03 bits per heavy atom. The van der Waals surface area contributed by atoms with Gasteiger partial charge in [0.1, 0.15) is 5.75 Å². The van der Waals surface area contributed by atoms with Crippen LogP contribution >= 0.6 is 11.8 Å². The summed E-state index contributed by atoms with van der Waals surface area (Å²) in [5, 5.41) is 0. The number of methoxy groups -OCH3 is 1. The summed E-state index contributed by atoms with van der Waals surface area (Å²) in [6, 6.07) is 25.1. The van der Waals surface area contributed by atoms with Crippen molar-refractivity contribution in [2.45, 2.75) is 9.64 Å². The molecule has 0 saturated carbocycles. The monoisotopic (exact) mass is 415 g/mol. The van der Waals surface area contributed by atoms with Gasteiger partial charge in [0.25, 0.3) is 11.8 Å². The summed E-state index contributed by atoms with van der Waals surface area (Å²) < 4.78 is 4.95. The minimum Gasteiger partial charge on any atom is -0.496 e. The molecule has 5 heteroatoms. The molecule has 4 nitrogen and oxygen atoms in total. The van der Waals surface area contributed by atoms with E-state index in [0.717, 1.165) is 16.0 Å². The number of fused-ring (bicyclic) bond motifs is 1. The summed E-state index contributed by atoms with van der Waals surface area (Å²) in [6.07, 6.45) is 1.19. The van der Waals surface area contributed by atoms with E-state index < -0.39 is 10.7 Å². The van der Waals surface area contributed by atoms with Crippen LogP contribution in [0.15, 0.2) is 96.4 Å². The predicted molar refractivity (Wildman–Crippen MR) is 119 cm³/mol. The summed E-state index contributed by atoms with van der Waals surface area (Å²) >= 11 is 1.57. The molecular formula is C25H21NO3S. The van der Waals surface area contributed by atoms with Gasteiger partial charge in [0.2, 0.25) is 0 Å². The Labute approximate surface area is 180 Å². The average Bonchev–Trinajstić information content (AvgIpc) is 2.94. The number of ether oxygens (including phenoxy) is 1. The molecule has 0 aliphatic carbocycles. The maximum atomic E-state index is 13.4. The van der Waals surface area contributed by atoms with Crippen LogP contribution in [0.3, 0.4) is 0 Å². The summed E-state index contributed by atoms with van der Waals surface area (Å²) in [5.41, 5.74) is 2.38. The van der Waals surface area contributed by atoms with Gasteiger partial charge in [-0.3, -0.25) is 14.5 Å². The number of imide groups is 1. The highest BCUT2D eigenvalue weighted by Crippen LogP contribution is 2.52. The van der Waals surface area contributed by atoms with Crippen LogP contribution < -0.4 is 4.74 Å². The first kappa shape index (κ1) is 20.0. The van der Waals surface area contributed by atoms with E-state index in [-0.39, 0.29) is 12.5 Å². The normalized spacial score (nSPS) is 18.3. The van der Waals surface area contributed by atoms with Crippen molar-refractivity contribution >= 4 is 23.6 Å². The number of thioether (sulfide) groups is 1. The highest BCUT2D eigenvalue weighted by molar-refractivity contribution is 8.00. The Kier molecular flexibility index (Phi) is 5.46. The van der Waals surface area contributed by atoms with Crippen LogP contribution in [0, 0.1) is 0 Å². The van der Waals surface area contributed by atoms with Crippen LogP contribution in [0.2, 0.25) is 0 Å². The molecule has 3 aromatic rings. The van der Waals surface area contributed by atoms with Crippen molar-refractivity contribution in [2.24, 2.45) is 0 Å². The zero-order valence-electron chi connectivity index (χ0n) is 16.6. The molecule has 1 heterocycles. The van der Waals surface area contributed by atoms with Crippen LogP contribution in [0.1, 0.15) is 21.5 Å². The van der Waals surface area contributed by atoms with Gasteiger partial charge in [0.05, 0.1) is 24.0 Å². The van der Waals surface area contributed by atoms with Crippen molar-refractivity contribution in [1.29, 1.82) is 0 Å². The van der Waals surface area contributed by atoms with Gasteiger partial charge >= 0.3 is 0 Å². The average molecular weight is 416 g/mol. The number of benzene rings is 3. The topological polar surface area (TPSA) is 46.6 Å². The summed E-state index contributed by atoms with van der Waals surface area (Å²) in [6.45, 7) is 3.76. The van der Waals surface area contributed by atoms with Gasteiger partial charge in [0.15, 0.2) is 0 Å². The molecule has 0 radical (unpaired) electrons. The molecule has 1 aliphatic rings. The number of para-hydroxylation sites is 1. The quantitative estimate of drug-likeness (QED) is 0.569. The van der Waals surface area contributed by atoms with Crippen LogP contribution in [-0.4, -0.2) is 30.4 Å². The highest BCUT2D eigenvalue weighted by atomic mass is 32.2. The molecule has 1 aliphatic heterocycles. The lowest BCUT2D eigenvalue weighted by molar-refractivity contribution is -0.123. The molecule has 3 aromatic carbocycles. The molecule has 0 N–H and O–H groups in total. The maximum absolute atomic E-state index is 13.4. The van der Waals surface area contributed by atoms with Gasteiger partial charge < -0.3 is 4.74 Å². The van der Waals surface area contributed by atoms with Gasteiger partial charge in [-0.25, -0.2) is 0 Å². The third-order valence-electron chi connectivity index (χ3n) is 5.25. The van der Waals surface area contributed by atoms with Crippen molar-refractivity contribution in [3.63, 3.8) is 0 Å². The molecule has 30 heavy (non-hydrogen) atoms. The van der Waals surface area contributed by atoms with Crippen molar-refractivity contribution in [3.8, 4) is 5.75 Å². The fraction of sp³-hybridized carbons (Fsp3) is 0.120. The number of hydrogen-bond acceptors (Lipinski definition) is 4. The molecule has 4 rings (SSSR count). The van der Waals surface area contributed by atoms with E-state index in [9.17, 15) is 9.59 Å². The number of rotatable bonds is 4. The third-order valence-corrected chi connectivity index (χ3v) is 6.76. The second-order valence-electron chi connectivity index (χ2n) is 6.93. The van der Waals surface area contributed by atoms with E-state index in [1.807, 2.05) is 72.8 Å². The standard InChI is InChI=1S/C25H21NO3S/c1-3-23(27)26-17-25(18-11-5-4-6-12-18,20-14-8-9-15-21(20)29-2)30-22-16-10-7-13-19(22)24(26)28/h3-16H,1,17H2,2H3. The number of carbonyl (C=O) groups is 2. The van der Waals surface area contributed by atoms with Gasteiger partial charge in [-0.15, -0.1) is 11.8 Å². The highest BCUT2D eigenvalue weighted by Gasteiger charge is 2.45. The molecule has 0 bridgehead atoms. The van der Waals surface area contributed by atoms with Crippen LogP contribution in [0.5, 0.6) is 5.75 Å². The summed E-state index contributed by atoms with van der Waals surface area (Å²) in [4.78, 5) is 28.2.